The Kier molecular flexibility index (Phi) is 5.12. The summed E-state index contributed by atoms with van der Waals surface area (Å²) in [6, 6.07) is 0.358. The number of hydrogen-bond acceptors (Lipinski definition) is 5. The molecule has 1 fully saturated rings. The molecule has 1 saturated heterocycles. The first kappa shape index (κ1) is 13.9. The van der Waals surface area contributed by atoms with E-state index in [2.05, 4.69) is 17.2 Å². The summed E-state index contributed by atoms with van der Waals surface area (Å²) in [7, 11) is 0. The van der Waals surface area contributed by atoms with Crippen molar-refractivity contribution in [1.82, 2.24) is 10.3 Å². The summed E-state index contributed by atoms with van der Waals surface area (Å²) < 4.78 is 5.44. The molecule has 2 heterocycles. The van der Waals surface area contributed by atoms with Crippen LogP contribution in [0.15, 0.2) is 11.6 Å². The molecule has 0 saturated carbocycles. The first-order valence-electron chi connectivity index (χ1n) is 6.70. The van der Waals surface area contributed by atoms with E-state index in [4.69, 9.17) is 10.5 Å². The van der Waals surface area contributed by atoms with Crippen molar-refractivity contribution in [3.05, 3.63) is 16.6 Å². The Morgan fingerprint density at radius 3 is 2.89 bits per heavy atom. The molecule has 0 amide bonds. The predicted molar refractivity (Wildman–Crippen MR) is 74.7 cm³/mol. The molecule has 0 aromatic carbocycles. The highest BCUT2D eigenvalue weighted by molar-refractivity contribution is 7.09. The number of thiazole rings is 1. The Morgan fingerprint density at radius 2 is 2.33 bits per heavy atom. The zero-order valence-corrected chi connectivity index (χ0v) is 11.8. The van der Waals surface area contributed by atoms with Crippen molar-refractivity contribution in [2.24, 2.45) is 11.1 Å². The number of hydrogen-bond donors (Lipinski definition) is 2. The Hall–Kier alpha value is -0.490. The van der Waals surface area contributed by atoms with Crippen LogP contribution in [0, 0.1) is 5.41 Å². The van der Waals surface area contributed by atoms with E-state index in [0.717, 1.165) is 45.6 Å². The third-order valence-corrected chi connectivity index (χ3v) is 4.76. The van der Waals surface area contributed by atoms with Crippen molar-refractivity contribution >= 4 is 11.3 Å². The zero-order chi connectivity index (χ0) is 12.8. The van der Waals surface area contributed by atoms with Crippen molar-refractivity contribution in [3.8, 4) is 0 Å². The molecule has 0 spiro atoms. The van der Waals surface area contributed by atoms with E-state index in [1.807, 2.05) is 11.6 Å². The zero-order valence-electron chi connectivity index (χ0n) is 11.0. The van der Waals surface area contributed by atoms with Crippen LogP contribution in [0.4, 0.5) is 0 Å². The number of nitrogens with one attached hydrogen (secondary N) is 1. The molecule has 102 valence electrons. The van der Waals surface area contributed by atoms with Crippen LogP contribution in [0.25, 0.3) is 0 Å². The molecule has 1 aliphatic rings. The maximum atomic E-state index is 5.98. The molecule has 5 heteroatoms. The predicted octanol–water partition coefficient (Wildman–Crippen LogP) is 1.94. The van der Waals surface area contributed by atoms with Crippen molar-refractivity contribution in [1.29, 1.82) is 0 Å². The fraction of sp³-hybridized carbons (Fsp3) is 0.769. The molecule has 1 aliphatic heterocycles. The van der Waals surface area contributed by atoms with Crippen molar-refractivity contribution in [2.45, 2.75) is 32.2 Å². The number of nitrogens with two attached hydrogens (primary N) is 1. The van der Waals surface area contributed by atoms with Gasteiger partial charge in [-0.25, -0.2) is 4.98 Å². The van der Waals surface area contributed by atoms with Gasteiger partial charge in [0.1, 0.15) is 5.01 Å². The highest BCUT2D eigenvalue weighted by Crippen LogP contribution is 2.30. The molecular weight excluding hydrogens is 246 g/mol. The van der Waals surface area contributed by atoms with Crippen LogP contribution in [0.5, 0.6) is 0 Å². The first-order chi connectivity index (χ1) is 8.79. The van der Waals surface area contributed by atoms with E-state index < -0.39 is 0 Å². The summed E-state index contributed by atoms with van der Waals surface area (Å²) in [6.07, 6.45) is 5.05. The lowest BCUT2D eigenvalue weighted by Gasteiger charge is -2.37. The van der Waals surface area contributed by atoms with Crippen molar-refractivity contribution in [2.75, 3.05) is 26.3 Å². The smallest absolute Gasteiger partial charge is 0.109 e. The topological polar surface area (TPSA) is 60.2 Å². The highest BCUT2D eigenvalue weighted by atomic mass is 32.1. The fourth-order valence-corrected chi connectivity index (χ4v) is 3.21. The Labute approximate surface area is 113 Å². The Morgan fingerprint density at radius 1 is 1.56 bits per heavy atom. The monoisotopic (exact) mass is 269 g/mol. The first-order valence-corrected chi connectivity index (χ1v) is 7.58. The van der Waals surface area contributed by atoms with E-state index in [1.165, 1.54) is 5.01 Å². The van der Waals surface area contributed by atoms with Crippen LogP contribution < -0.4 is 11.1 Å². The maximum absolute atomic E-state index is 5.98. The van der Waals surface area contributed by atoms with Crippen LogP contribution in [-0.4, -0.2) is 31.3 Å². The summed E-state index contributed by atoms with van der Waals surface area (Å²) in [6.45, 7) is 5.57. The summed E-state index contributed by atoms with van der Waals surface area (Å²) >= 11 is 1.72. The van der Waals surface area contributed by atoms with Gasteiger partial charge in [0.25, 0.3) is 0 Å². The molecule has 18 heavy (non-hydrogen) atoms. The van der Waals surface area contributed by atoms with Gasteiger partial charge < -0.3 is 15.8 Å². The van der Waals surface area contributed by atoms with Crippen LogP contribution >= 0.6 is 11.3 Å². The van der Waals surface area contributed by atoms with Gasteiger partial charge in [-0.15, -0.1) is 11.3 Å². The lowest BCUT2D eigenvalue weighted by Crippen LogP contribution is -2.45. The van der Waals surface area contributed by atoms with Gasteiger partial charge in [0.2, 0.25) is 0 Å². The summed E-state index contributed by atoms with van der Waals surface area (Å²) in [4.78, 5) is 4.40. The van der Waals surface area contributed by atoms with Crippen molar-refractivity contribution in [3.63, 3.8) is 0 Å². The van der Waals surface area contributed by atoms with Crippen LogP contribution in [0.1, 0.15) is 37.2 Å². The summed E-state index contributed by atoms with van der Waals surface area (Å²) in [5.41, 5.74) is 6.19. The SMILES string of the molecule is CCC(NCC1(CN)CCOCC1)c1nccs1. The molecule has 1 atom stereocenters. The van der Waals surface area contributed by atoms with E-state index >= 15 is 0 Å². The lowest BCUT2D eigenvalue weighted by molar-refractivity contribution is 0.0179. The second-order valence-electron chi connectivity index (χ2n) is 5.03. The third kappa shape index (κ3) is 3.29. The van der Waals surface area contributed by atoms with E-state index in [9.17, 15) is 0 Å². The standard InChI is InChI=1S/C13H23N3OS/c1-2-11(12-15-5-8-18-12)16-10-13(9-14)3-6-17-7-4-13/h5,8,11,16H,2-4,6-7,9-10,14H2,1H3. The molecule has 3 N–H and O–H groups in total. The molecule has 1 aromatic rings. The average Bonchev–Trinajstić information content (AvgIpc) is 2.95. The lowest BCUT2D eigenvalue weighted by atomic mass is 9.80. The van der Waals surface area contributed by atoms with Crippen LogP contribution in [-0.2, 0) is 4.74 Å². The van der Waals surface area contributed by atoms with Gasteiger partial charge in [0, 0.05) is 31.3 Å². The van der Waals surface area contributed by atoms with Crippen LogP contribution in [0.2, 0.25) is 0 Å². The molecule has 2 rings (SSSR count). The molecular formula is C13H23N3OS. The van der Waals surface area contributed by atoms with E-state index in [-0.39, 0.29) is 5.41 Å². The average molecular weight is 269 g/mol. The molecule has 1 aromatic heterocycles. The van der Waals surface area contributed by atoms with Gasteiger partial charge in [-0.2, -0.15) is 0 Å². The van der Waals surface area contributed by atoms with Gasteiger partial charge in [0.05, 0.1) is 6.04 Å². The van der Waals surface area contributed by atoms with E-state index in [1.54, 1.807) is 11.3 Å². The summed E-state index contributed by atoms with van der Waals surface area (Å²) in [5, 5.41) is 6.86. The number of aromatic nitrogens is 1. The normalized spacial score (nSPS) is 20.8. The Balaban J connectivity index is 1.92. The fourth-order valence-electron chi connectivity index (χ4n) is 2.41. The van der Waals surface area contributed by atoms with Gasteiger partial charge in [-0.05, 0) is 31.2 Å². The van der Waals surface area contributed by atoms with Gasteiger partial charge in [-0.3, -0.25) is 0 Å². The minimum Gasteiger partial charge on any atom is -0.381 e. The number of rotatable bonds is 6. The second-order valence-corrected chi connectivity index (χ2v) is 5.95. The molecule has 0 radical (unpaired) electrons. The van der Waals surface area contributed by atoms with Crippen LogP contribution in [0.3, 0.4) is 0 Å². The largest absolute Gasteiger partial charge is 0.381 e. The molecule has 4 nitrogen and oxygen atoms in total. The Bertz CT molecular complexity index is 336. The molecule has 0 bridgehead atoms. The molecule has 1 unspecified atom stereocenters. The number of nitrogens with zero attached hydrogens (tertiary/aromatic N) is 1. The van der Waals surface area contributed by atoms with E-state index in [0.29, 0.717) is 6.04 Å². The maximum Gasteiger partial charge on any atom is 0.109 e. The molecule has 0 aliphatic carbocycles. The quantitative estimate of drug-likeness (QED) is 0.828. The third-order valence-electron chi connectivity index (χ3n) is 3.87. The van der Waals surface area contributed by atoms with Crippen molar-refractivity contribution < 1.29 is 4.74 Å². The van der Waals surface area contributed by atoms with Gasteiger partial charge in [-0.1, -0.05) is 6.92 Å². The summed E-state index contributed by atoms with van der Waals surface area (Å²) in [5.74, 6) is 0. The number of ether oxygens (including phenoxy) is 1. The second kappa shape index (κ2) is 6.61. The van der Waals surface area contributed by atoms with Gasteiger partial charge >= 0.3 is 0 Å². The highest BCUT2D eigenvalue weighted by Gasteiger charge is 2.31. The minimum absolute atomic E-state index is 0.211. The minimum atomic E-state index is 0.211. The van der Waals surface area contributed by atoms with Gasteiger partial charge in [0.15, 0.2) is 0 Å².